The van der Waals surface area contributed by atoms with E-state index in [-0.39, 0.29) is 5.91 Å². The van der Waals surface area contributed by atoms with Crippen LogP contribution in [0.4, 0.5) is 5.82 Å². The van der Waals surface area contributed by atoms with Crippen molar-refractivity contribution in [2.75, 3.05) is 18.5 Å². The predicted octanol–water partition coefficient (Wildman–Crippen LogP) is 2.02. The van der Waals surface area contributed by atoms with E-state index in [9.17, 15) is 4.79 Å². The highest BCUT2D eigenvalue weighted by Crippen LogP contribution is 2.32. The van der Waals surface area contributed by atoms with E-state index in [0.29, 0.717) is 19.0 Å². The van der Waals surface area contributed by atoms with Crippen molar-refractivity contribution in [3.05, 3.63) is 41.6 Å². The molecule has 6 nitrogen and oxygen atoms in total. The van der Waals surface area contributed by atoms with E-state index in [1.54, 1.807) is 0 Å². The Labute approximate surface area is 134 Å². The van der Waals surface area contributed by atoms with Crippen LogP contribution in [0.15, 0.2) is 30.3 Å². The fraction of sp³-hybridized carbons (Fsp3) is 0.412. The summed E-state index contributed by atoms with van der Waals surface area (Å²) in [7, 11) is 0. The Bertz CT molecular complexity index is 708. The summed E-state index contributed by atoms with van der Waals surface area (Å²) in [6.07, 6.45) is 3.61. The molecule has 3 N–H and O–H groups in total. The average Bonchev–Trinajstić information content (AvgIpc) is 3.30. The van der Waals surface area contributed by atoms with E-state index in [2.05, 4.69) is 20.8 Å². The molecule has 1 saturated carbocycles. The lowest BCUT2D eigenvalue weighted by atomic mass is 10.1. The first-order valence-electron chi connectivity index (χ1n) is 8.10. The first-order chi connectivity index (χ1) is 11.3. The molecule has 120 valence electrons. The van der Waals surface area contributed by atoms with Crippen LogP contribution in [0, 0.1) is 5.92 Å². The topological polar surface area (TPSA) is 79.0 Å². The van der Waals surface area contributed by atoms with Gasteiger partial charge in [-0.3, -0.25) is 15.2 Å². The maximum Gasteiger partial charge on any atom is 0.247 e. The van der Waals surface area contributed by atoms with E-state index in [0.717, 1.165) is 29.3 Å². The van der Waals surface area contributed by atoms with Crippen LogP contribution in [-0.2, 0) is 11.2 Å². The van der Waals surface area contributed by atoms with Crippen molar-refractivity contribution in [1.82, 2.24) is 15.5 Å². The molecule has 1 aromatic carbocycles. The molecule has 1 amide bonds. The summed E-state index contributed by atoms with van der Waals surface area (Å²) in [5.74, 6) is 2.00. The molecule has 6 heteroatoms. The molecule has 1 aliphatic carbocycles. The highest BCUT2D eigenvalue weighted by Gasteiger charge is 2.26. The van der Waals surface area contributed by atoms with Gasteiger partial charge in [0.15, 0.2) is 5.82 Å². The van der Waals surface area contributed by atoms with Crippen LogP contribution in [0.3, 0.4) is 0 Å². The predicted molar refractivity (Wildman–Crippen MR) is 86.3 cm³/mol. The van der Waals surface area contributed by atoms with Crippen molar-refractivity contribution >= 4 is 11.7 Å². The Kier molecular flexibility index (Phi) is 3.75. The number of benzene rings is 1. The van der Waals surface area contributed by atoms with Gasteiger partial charge in [0.1, 0.15) is 18.4 Å². The number of hydrogen-bond acceptors (Lipinski definition) is 4. The second-order valence-electron chi connectivity index (χ2n) is 6.19. The minimum absolute atomic E-state index is 0.118. The maximum atomic E-state index is 12.6. The highest BCUT2D eigenvalue weighted by atomic mass is 16.5. The third-order valence-electron chi connectivity index (χ3n) is 4.29. The number of fused-ring (bicyclic) bond motifs is 1. The smallest absolute Gasteiger partial charge is 0.247 e. The SMILES string of the molecule is O=C(Nc1cc(CC2CC2)[nH]n1)C1NCCOc2ccccc21. The summed E-state index contributed by atoms with van der Waals surface area (Å²) in [5, 5.41) is 13.3. The maximum absolute atomic E-state index is 12.6. The number of anilines is 1. The van der Waals surface area contributed by atoms with Crippen LogP contribution in [0.25, 0.3) is 0 Å². The van der Waals surface area contributed by atoms with Crippen LogP contribution in [-0.4, -0.2) is 29.3 Å². The van der Waals surface area contributed by atoms with E-state index in [1.165, 1.54) is 12.8 Å². The van der Waals surface area contributed by atoms with Crippen LogP contribution in [0.1, 0.15) is 30.1 Å². The lowest BCUT2D eigenvalue weighted by Gasteiger charge is -2.16. The van der Waals surface area contributed by atoms with Gasteiger partial charge in [-0.1, -0.05) is 18.2 Å². The molecule has 1 aromatic heterocycles. The lowest BCUT2D eigenvalue weighted by Crippen LogP contribution is -2.33. The van der Waals surface area contributed by atoms with E-state index < -0.39 is 6.04 Å². The monoisotopic (exact) mass is 312 g/mol. The first-order valence-corrected chi connectivity index (χ1v) is 8.10. The fourth-order valence-electron chi connectivity index (χ4n) is 2.92. The van der Waals surface area contributed by atoms with Crippen molar-refractivity contribution in [3.8, 4) is 5.75 Å². The fourth-order valence-corrected chi connectivity index (χ4v) is 2.92. The summed E-state index contributed by atoms with van der Waals surface area (Å²) in [4.78, 5) is 12.6. The van der Waals surface area contributed by atoms with Crippen molar-refractivity contribution in [3.63, 3.8) is 0 Å². The highest BCUT2D eigenvalue weighted by molar-refractivity contribution is 5.95. The molecule has 1 unspecified atom stereocenters. The number of amides is 1. The Morgan fingerprint density at radius 2 is 2.22 bits per heavy atom. The Morgan fingerprint density at radius 3 is 3.09 bits per heavy atom. The van der Waals surface area contributed by atoms with Gasteiger partial charge in [-0.25, -0.2) is 0 Å². The Morgan fingerprint density at radius 1 is 1.35 bits per heavy atom. The summed E-state index contributed by atoms with van der Waals surface area (Å²) in [6, 6.07) is 9.13. The Balaban J connectivity index is 1.48. The molecule has 0 bridgehead atoms. The van der Waals surface area contributed by atoms with Gasteiger partial charge in [0, 0.05) is 23.9 Å². The van der Waals surface area contributed by atoms with Gasteiger partial charge in [-0.2, -0.15) is 5.10 Å². The normalized spacial score (nSPS) is 20.3. The third kappa shape index (κ3) is 3.22. The number of carbonyl (C=O) groups excluding carboxylic acids is 1. The quantitative estimate of drug-likeness (QED) is 0.807. The van der Waals surface area contributed by atoms with E-state index in [1.807, 2.05) is 30.3 Å². The summed E-state index contributed by atoms with van der Waals surface area (Å²) >= 11 is 0. The number of aromatic amines is 1. The molecule has 4 rings (SSSR count). The van der Waals surface area contributed by atoms with Crippen molar-refractivity contribution in [1.29, 1.82) is 0 Å². The molecule has 0 spiro atoms. The number of carbonyl (C=O) groups is 1. The molecule has 1 atom stereocenters. The second kappa shape index (κ2) is 6.04. The third-order valence-corrected chi connectivity index (χ3v) is 4.29. The minimum atomic E-state index is -0.433. The zero-order valence-electron chi connectivity index (χ0n) is 12.8. The number of para-hydroxylation sites is 1. The zero-order chi connectivity index (χ0) is 15.6. The standard InChI is InChI=1S/C17H20N4O2/c22-17(19-15-10-12(20-21-15)9-11-5-6-11)16-13-3-1-2-4-14(13)23-8-7-18-16/h1-4,10-11,16,18H,5-9H2,(H2,19,20,21,22). The van der Waals surface area contributed by atoms with Gasteiger partial charge in [0.25, 0.3) is 0 Å². The number of aromatic nitrogens is 2. The molecule has 0 radical (unpaired) electrons. The molecule has 2 aromatic rings. The largest absolute Gasteiger partial charge is 0.492 e. The van der Waals surface area contributed by atoms with E-state index in [4.69, 9.17) is 4.74 Å². The molecule has 1 aliphatic heterocycles. The minimum Gasteiger partial charge on any atom is -0.492 e. The summed E-state index contributed by atoms with van der Waals surface area (Å²) in [6.45, 7) is 1.18. The van der Waals surface area contributed by atoms with Gasteiger partial charge in [-0.05, 0) is 31.2 Å². The number of ether oxygens (including phenoxy) is 1. The second-order valence-corrected chi connectivity index (χ2v) is 6.19. The van der Waals surface area contributed by atoms with Crippen LogP contribution >= 0.6 is 0 Å². The van der Waals surface area contributed by atoms with Crippen molar-refractivity contribution in [2.24, 2.45) is 5.92 Å². The van der Waals surface area contributed by atoms with Crippen LogP contribution in [0.2, 0.25) is 0 Å². The van der Waals surface area contributed by atoms with Gasteiger partial charge in [0.2, 0.25) is 5.91 Å². The van der Waals surface area contributed by atoms with Crippen molar-refractivity contribution in [2.45, 2.75) is 25.3 Å². The average molecular weight is 312 g/mol. The number of nitrogens with zero attached hydrogens (tertiary/aromatic N) is 1. The van der Waals surface area contributed by atoms with E-state index >= 15 is 0 Å². The molecule has 2 heterocycles. The lowest BCUT2D eigenvalue weighted by molar-refractivity contribution is -0.118. The van der Waals surface area contributed by atoms with Gasteiger partial charge in [-0.15, -0.1) is 0 Å². The van der Waals surface area contributed by atoms with Crippen LogP contribution < -0.4 is 15.4 Å². The summed E-state index contributed by atoms with van der Waals surface area (Å²) < 4.78 is 5.67. The van der Waals surface area contributed by atoms with Gasteiger partial charge >= 0.3 is 0 Å². The zero-order valence-corrected chi connectivity index (χ0v) is 12.8. The number of rotatable bonds is 4. The van der Waals surface area contributed by atoms with Crippen molar-refractivity contribution < 1.29 is 9.53 Å². The molecule has 0 saturated heterocycles. The summed E-state index contributed by atoms with van der Waals surface area (Å²) in [5.41, 5.74) is 1.94. The van der Waals surface area contributed by atoms with Gasteiger partial charge < -0.3 is 10.1 Å². The molecular formula is C17H20N4O2. The molecular weight excluding hydrogens is 292 g/mol. The number of H-pyrrole nitrogens is 1. The first kappa shape index (κ1) is 14.3. The number of nitrogens with one attached hydrogen (secondary N) is 3. The number of hydrogen-bond donors (Lipinski definition) is 3. The van der Waals surface area contributed by atoms with Crippen LogP contribution in [0.5, 0.6) is 5.75 Å². The molecule has 1 fully saturated rings. The van der Waals surface area contributed by atoms with Gasteiger partial charge in [0.05, 0.1) is 0 Å². The Hall–Kier alpha value is -2.34. The molecule has 23 heavy (non-hydrogen) atoms. The molecule has 2 aliphatic rings.